The molecule has 39 heavy (non-hydrogen) atoms. The number of benzene rings is 4. The number of hydrogen-bond donors (Lipinski definition) is 0. The summed E-state index contributed by atoms with van der Waals surface area (Å²) >= 11 is 0. The van der Waals surface area contributed by atoms with Crippen LogP contribution in [0.5, 0.6) is 0 Å². The molecule has 4 aromatic rings. The fourth-order valence-electron chi connectivity index (χ4n) is 3.62. The predicted molar refractivity (Wildman–Crippen MR) is 163 cm³/mol. The van der Waals surface area contributed by atoms with Crippen LogP contribution in [0.2, 0.25) is 0 Å². The van der Waals surface area contributed by atoms with Crippen molar-refractivity contribution in [2.24, 2.45) is 15.9 Å². The first-order chi connectivity index (χ1) is 17.9. The second-order valence-electron chi connectivity index (χ2n) is 8.84. The fraction of sp³-hybridized carbons (Fsp3) is 0.176. The number of methoxy groups -OCH3 is 1. The normalized spacial score (nSPS) is 10.9. The first kappa shape index (κ1) is 33.2. The van der Waals surface area contributed by atoms with Crippen molar-refractivity contribution >= 4 is 28.8 Å². The molecule has 4 nitrogen and oxygen atoms in total. The third kappa shape index (κ3) is 9.78. The van der Waals surface area contributed by atoms with Crippen LogP contribution in [0.3, 0.4) is 0 Å². The van der Waals surface area contributed by atoms with E-state index in [9.17, 15) is 4.79 Å². The molecular formula is C34H37N2NiO2-. The molecule has 0 aliphatic heterocycles. The molecule has 5 heteroatoms. The summed E-state index contributed by atoms with van der Waals surface area (Å²) in [6.45, 7) is 7.63. The minimum absolute atomic E-state index is 0. The number of ether oxygens (including phenoxy) is 1. The van der Waals surface area contributed by atoms with Gasteiger partial charge in [0.1, 0.15) is 0 Å². The van der Waals surface area contributed by atoms with E-state index >= 15 is 0 Å². The van der Waals surface area contributed by atoms with Gasteiger partial charge < -0.3 is 12.2 Å². The van der Waals surface area contributed by atoms with Crippen LogP contribution in [0.25, 0.3) is 22.3 Å². The average molecular weight is 564 g/mol. The molecule has 4 aromatic carbocycles. The van der Waals surface area contributed by atoms with E-state index in [2.05, 4.69) is 77.5 Å². The van der Waals surface area contributed by atoms with Crippen molar-refractivity contribution in [1.29, 1.82) is 0 Å². The van der Waals surface area contributed by atoms with Crippen LogP contribution in [0.15, 0.2) is 119 Å². The maximum absolute atomic E-state index is 10.3. The van der Waals surface area contributed by atoms with Crippen LogP contribution in [0, 0.1) is 13.3 Å². The van der Waals surface area contributed by atoms with Gasteiger partial charge in [-0.15, -0.1) is 0 Å². The summed E-state index contributed by atoms with van der Waals surface area (Å²) in [5.74, 6) is -0.148. The Hall–Kier alpha value is -3.82. The zero-order valence-corrected chi connectivity index (χ0v) is 24.5. The Kier molecular flexibility index (Phi) is 14.4. The molecular weight excluding hydrogens is 527 g/mol. The Morgan fingerprint density at radius 1 is 0.615 bits per heavy atom. The Labute approximate surface area is 243 Å². The van der Waals surface area contributed by atoms with Gasteiger partial charge >= 0.3 is 5.97 Å². The standard InChI is InChI=1S/C28H24N2.C5H10O2.CH3.Ni/c1-21(29-27-19-11-9-17-25(27)23-13-5-3-6-14-23)22(2)30-28-20-12-10-18-26(28)24-15-7-4-8-16-24;1-4(2)5(6)7-3;;/h3-20H,1-2H3;4H,1-3H3;1H3;/q;;-1;. The average Bonchev–Trinajstić information content (AvgIpc) is 2.94. The summed E-state index contributed by atoms with van der Waals surface area (Å²) in [5.41, 5.74) is 8.27. The first-order valence-corrected chi connectivity index (χ1v) is 12.4. The van der Waals surface area contributed by atoms with E-state index in [1.54, 1.807) is 13.8 Å². The van der Waals surface area contributed by atoms with Crippen molar-refractivity contribution in [3.8, 4) is 22.3 Å². The van der Waals surface area contributed by atoms with Crippen molar-refractivity contribution in [2.45, 2.75) is 27.7 Å². The molecule has 0 unspecified atom stereocenters. The molecule has 0 atom stereocenters. The summed E-state index contributed by atoms with van der Waals surface area (Å²) < 4.78 is 4.37. The summed E-state index contributed by atoms with van der Waals surface area (Å²) in [6, 6.07) is 37.2. The molecule has 0 aromatic heterocycles. The van der Waals surface area contributed by atoms with E-state index in [4.69, 9.17) is 9.98 Å². The number of esters is 1. The molecule has 0 fully saturated rings. The van der Waals surface area contributed by atoms with Crippen LogP contribution in [0.1, 0.15) is 27.7 Å². The summed E-state index contributed by atoms with van der Waals surface area (Å²) in [6.07, 6.45) is 0. The van der Waals surface area contributed by atoms with E-state index in [1.165, 1.54) is 7.11 Å². The molecule has 0 aliphatic rings. The van der Waals surface area contributed by atoms with Gasteiger partial charge in [-0.2, -0.15) is 0 Å². The number of para-hydroxylation sites is 2. The minimum atomic E-state index is -0.153. The zero-order chi connectivity index (χ0) is 26.6. The number of aliphatic imine (C=N–C) groups is 2. The predicted octanol–water partition coefficient (Wildman–Crippen LogP) is 9.17. The third-order valence-electron chi connectivity index (χ3n) is 5.75. The van der Waals surface area contributed by atoms with Gasteiger partial charge in [-0.05, 0) is 37.1 Å². The number of hydrogen-bond acceptors (Lipinski definition) is 4. The van der Waals surface area contributed by atoms with Gasteiger partial charge in [0.05, 0.1) is 35.8 Å². The van der Waals surface area contributed by atoms with Gasteiger partial charge in [-0.25, -0.2) is 0 Å². The van der Waals surface area contributed by atoms with E-state index in [-0.39, 0.29) is 35.8 Å². The van der Waals surface area contributed by atoms with Crippen molar-refractivity contribution in [1.82, 2.24) is 0 Å². The molecule has 0 saturated carbocycles. The number of carbonyl (C=O) groups is 1. The number of nitrogens with zero attached hydrogens (tertiary/aromatic N) is 2. The molecule has 0 aliphatic carbocycles. The Morgan fingerprint density at radius 3 is 1.26 bits per heavy atom. The Morgan fingerprint density at radius 2 is 0.949 bits per heavy atom. The molecule has 0 spiro atoms. The molecule has 0 radical (unpaired) electrons. The summed E-state index contributed by atoms with van der Waals surface area (Å²) in [7, 11) is 1.39. The van der Waals surface area contributed by atoms with Gasteiger partial charge in [0.25, 0.3) is 0 Å². The van der Waals surface area contributed by atoms with Gasteiger partial charge in [-0.1, -0.05) is 111 Å². The van der Waals surface area contributed by atoms with Crippen LogP contribution in [0.4, 0.5) is 11.4 Å². The quantitative estimate of drug-likeness (QED) is 0.102. The van der Waals surface area contributed by atoms with Crippen molar-refractivity contribution < 1.29 is 26.0 Å². The van der Waals surface area contributed by atoms with Crippen molar-refractivity contribution in [3.63, 3.8) is 0 Å². The molecule has 0 heterocycles. The van der Waals surface area contributed by atoms with Gasteiger partial charge in [-0.3, -0.25) is 14.8 Å². The first-order valence-electron chi connectivity index (χ1n) is 12.4. The zero-order valence-electron chi connectivity index (χ0n) is 23.5. The maximum Gasteiger partial charge on any atom is 0.308 e. The molecule has 0 N–H and O–H groups in total. The van der Waals surface area contributed by atoms with Gasteiger partial charge in [0.15, 0.2) is 0 Å². The second-order valence-corrected chi connectivity index (χ2v) is 8.84. The van der Waals surface area contributed by atoms with Crippen LogP contribution in [-0.2, 0) is 26.0 Å². The van der Waals surface area contributed by atoms with Gasteiger partial charge in [0.2, 0.25) is 0 Å². The van der Waals surface area contributed by atoms with Crippen LogP contribution in [-0.4, -0.2) is 24.5 Å². The minimum Gasteiger partial charge on any atom is -0.469 e. The SMILES string of the molecule is CC(=Nc1ccccc1-c1ccccc1)C(C)=Nc1ccccc1-c1ccccc1.COC(=O)C(C)C.[CH3-].[Ni]. The maximum atomic E-state index is 10.3. The third-order valence-corrected chi connectivity index (χ3v) is 5.75. The Balaban J connectivity index is 0.000000752. The van der Waals surface area contributed by atoms with Crippen LogP contribution >= 0.6 is 0 Å². The molecule has 0 amide bonds. The van der Waals surface area contributed by atoms with Crippen molar-refractivity contribution in [2.75, 3.05) is 7.11 Å². The Bertz CT molecular complexity index is 1270. The summed E-state index contributed by atoms with van der Waals surface area (Å²) in [5, 5.41) is 0. The summed E-state index contributed by atoms with van der Waals surface area (Å²) in [4.78, 5) is 20.1. The monoisotopic (exact) mass is 563 g/mol. The number of carbonyl (C=O) groups excluding carboxylic acids is 1. The number of rotatable bonds is 6. The van der Waals surface area contributed by atoms with E-state index in [1.807, 2.05) is 50.2 Å². The molecule has 0 bridgehead atoms. The van der Waals surface area contributed by atoms with Crippen molar-refractivity contribution in [3.05, 3.63) is 117 Å². The van der Waals surface area contributed by atoms with Gasteiger partial charge in [0, 0.05) is 27.6 Å². The smallest absolute Gasteiger partial charge is 0.308 e. The largest absolute Gasteiger partial charge is 0.469 e. The van der Waals surface area contributed by atoms with E-state index in [0.29, 0.717) is 0 Å². The van der Waals surface area contributed by atoms with E-state index in [0.717, 1.165) is 45.1 Å². The van der Waals surface area contributed by atoms with E-state index < -0.39 is 0 Å². The van der Waals surface area contributed by atoms with Crippen LogP contribution < -0.4 is 0 Å². The molecule has 0 saturated heterocycles. The topological polar surface area (TPSA) is 51.0 Å². The molecule has 4 rings (SSSR count). The molecule has 206 valence electrons. The second kappa shape index (κ2) is 16.9. The fourth-order valence-corrected chi connectivity index (χ4v) is 3.62.